The summed E-state index contributed by atoms with van der Waals surface area (Å²) in [6.07, 6.45) is 6.21. The van der Waals surface area contributed by atoms with E-state index in [0.717, 1.165) is 23.3 Å². The van der Waals surface area contributed by atoms with Gasteiger partial charge >= 0.3 is 0 Å². The molecule has 0 radical (unpaired) electrons. The third kappa shape index (κ3) is 4.27. The summed E-state index contributed by atoms with van der Waals surface area (Å²) < 4.78 is 5.29. The molecule has 1 aliphatic rings. The molecule has 0 fully saturated rings. The van der Waals surface area contributed by atoms with E-state index in [4.69, 9.17) is 4.74 Å². The van der Waals surface area contributed by atoms with Crippen LogP contribution in [0.25, 0.3) is 0 Å². The Bertz CT molecular complexity index is 782. The first kappa shape index (κ1) is 18.5. The van der Waals surface area contributed by atoms with Crippen LogP contribution in [0.5, 0.6) is 5.75 Å². The van der Waals surface area contributed by atoms with Gasteiger partial charge in [0.15, 0.2) is 0 Å². The van der Waals surface area contributed by atoms with Crippen molar-refractivity contribution < 1.29 is 9.53 Å². The fourth-order valence-corrected chi connectivity index (χ4v) is 3.87. The van der Waals surface area contributed by atoms with Crippen molar-refractivity contribution in [2.75, 3.05) is 7.11 Å². The van der Waals surface area contributed by atoms with E-state index < -0.39 is 0 Å². The molecule has 3 rings (SSSR count). The van der Waals surface area contributed by atoms with Crippen LogP contribution < -0.4 is 10.1 Å². The van der Waals surface area contributed by atoms with Crippen LogP contribution in [0.1, 0.15) is 60.0 Å². The summed E-state index contributed by atoms with van der Waals surface area (Å²) in [5.41, 5.74) is 6.25. The van der Waals surface area contributed by atoms with E-state index in [1.165, 1.54) is 42.4 Å². The Morgan fingerprint density at radius 2 is 1.88 bits per heavy atom. The Balaban J connectivity index is 1.67. The van der Waals surface area contributed by atoms with E-state index in [0.29, 0.717) is 6.42 Å². The van der Waals surface area contributed by atoms with E-state index in [9.17, 15) is 4.79 Å². The molecule has 1 atom stereocenters. The van der Waals surface area contributed by atoms with Crippen molar-refractivity contribution in [3.05, 3.63) is 64.2 Å². The van der Waals surface area contributed by atoms with Crippen molar-refractivity contribution in [1.29, 1.82) is 0 Å². The Morgan fingerprint density at radius 3 is 2.58 bits per heavy atom. The summed E-state index contributed by atoms with van der Waals surface area (Å²) >= 11 is 0. The Hall–Kier alpha value is -2.29. The smallest absolute Gasteiger partial charge is 0.224 e. The molecule has 1 amide bonds. The first-order valence-corrected chi connectivity index (χ1v) is 9.65. The van der Waals surface area contributed by atoms with Gasteiger partial charge in [0.1, 0.15) is 5.75 Å². The molecule has 2 aromatic rings. The van der Waals surface area contributed by atoms with Crippen LogP contribution >= 0.6 is 0 Å². The average molecular weight is 351 g/mol. The maximum absolute atomic E-state index is 12.6. The molecule has 0 unspecified atom stereocenters. The Morgan fingerprint density at radius 1 is 1.12 bits per heavy atom. The van der Waals surface area contributed by atoms with Gasteiger partial charge in [-0.2, -0.15) is 0 Å². The van der Waals surface area contributed by atoms with E-state index >= 15 is 0 Å². The van der Waals surface area contributed by atoms with Gasteiger partial charge in [-0.25, -0.2) is 0 Å². The van der Waals surface area contributed by atoms with Crippen LogP contribution in [0.3, 0.4) is 0 Å². The molecule has 1 N–H and O–H groups in total. The van der Waals surface area contributed by atoms with Gasteiger partial charge in [0.2, 0.25) is 5.91 Å². The predicted octanol–water partition coefficient (Wildman–Crippen LogP) is 4.69. The highest BCUT2D eigenvalue weighted by molar-refractivity contribution is 5.79. The molecule has 0 saturated heterocycles. The van der Waals surface area contributed by atoms with Crippen LogP contribution in [-0.2, 0) is 24.1 Å². The second-order valence-electron chi connectivity index (χ2n) is 7.24. The van der Waals surface area contributed by atoms with Gasteiger partial charge in [-0.15, -0.1) is 0 Å². The maximum atomic E-state index is 12.6. The lowest BCUT2D eigenvalue weighted by Crippen LogP contribution is -2.29. The molecule has 0 spiro atoms. The van der Waals surface area contributed by atoms with Crippen LogP contribution in [0, 0.1) is 6.92 Å². The average Bonchev–Trinajstić information content (AvgIpc) is 2.66. The molecule has 1 aliphatic carbocycles. The minimum atomic E-state index is 0.0686. The molecule has 0 aliphatic heterocycles. The SMILES string of the molecule is CC[C@@H](NC(=O)Cc1ccc(OC)c(C)c1)c1ccc2c(c1)CCCC2. The predicted molar refractivity (Wildman–Crippen MR) is 106 cm³/mol. The number of hydrogen-bond acceptors (Lipinski definition) is 2. The number of hydrogen-bond donors (Lipinski definition) is 1. The van der Waals surface area contributed by atoms with Crippen LogP contribution in [0.4, 0.5) is 0 Å². The van der Waals surface area contributed by atoms with Crippen LogP contribution in [-0.4, -0.2) is 13.0 Å². The highest BCUT2D eigenvalue weighted by Gasteiger charge is 2.16. The molecule has 26 heavy (non-hydrogen) atoms. The van der Waals surface area contributed by atoms with Gasteiger partial charge in [0.05, 0.1) is 19.6 Å². The van der Waals surface area contributed by atoms with Gasteiger partial charge in [0, 0.05) is 0 Å². The van der Waals surface area contributed by atoms with Gasteiger partial charge < -0.3 is 10.1 Å². The molecule has 3 nitrogen and oxygen atoms in total. The van der Waals surface area contributed by atoms with Gasteiger partial charge in [-0.1, -0.05) is 37.3 Å². The standard InChI is InChI=1S/C23H29NO2/c1-4-21(20-11-10-18-7-5-6-8-19(18)15-20)24-23(25)14-17-9-12-22(26-3)16(2)13-17/h9-13,15,21H,4-8,14H2,1-3H3,(H,24,25)/t21-/m1/s1. The molecule has 0 aromatic heterocycles. The Labute approximate surface area is 156 Å². The number of carbonyl (C=O) groups is 1. The van der Waals surface area contributed by atoms with E-state index in [1.807, 2.05) is 25.1 Å². The quantitative estimate of drug-likeness (QED) is 0.820. The van der Waals surface area contributed by atoms with E-state index in [-0.39, 0.29) is 11.9 Å². The number of ether oxygens (including phenoxy) is 1. The zero-order valence-corrected chi connectivity index (χ0v) is 16.1. The zero-order valence-electron chi connectivity index (χ0n) is 16.1. The number of carbonyl (C=O) groups excluding carboxylic acids is 1. The third-order valence-electron chi connectivity index (χ3n) is 5.34. The van der Waals surface area contributed by atoms with Gasteiger partial charge in [0.25, 0.3) is 0 Å². The molecule has 0 saturated carbocycles. The summed E-state index contributed by atoms with van der Waals surface area (Å²) in [6.45, 7) is 4.13. The molecule has 2 aromatic carbocycles. The summed E-state index contributed by atoms with van der Waals surface area (Å²) in [6, 6.07) is 12.7. The Kier molecular flexibility index (Phi) is 5.97. The lowest BCUT2D eigenvalue weighted by atomic mass is 9.88. The second kappa shape index (κ2) is 8.39. The van der Waals surface area contributed by atoms with Crippen molar-refractivity contribution in [1.82, 2.24) is 5.32 Å². The summed E-state index contributed by atoms with van der Waals surface area (Å²) in [5, 5.41) is 3.22. The fourth-order valence-electron chi connectivity index (χ4n) is 3.87. The first-order valence-electron chi connectivity index (χ1n) is 9.65. The summed E-state index contributed by atoms with van der Waals surface area (Å²) in [4.78, 5) is 12.6. The number of fused-ring (bicyclic) bond motifs is 1. The number of methoxy groups -OCH3 is 1. The zero-order chi connectivity index (χ0) is 18.5. The largest absolute Gasteiger partial charge is 0.496 e. The molecule has 0 bridgehead atoms. The minimum Gasteiger partial charge on any atom is -0.496 e. The maximum Gasteiger partial charge on any atom is 0.224 e. The van der Waals surface area contributed by atoms with Crippen molar-refractivity contribution >= 4 is 5.91 Å². The van der Waals surface area contributed by atoms with Crippen LogP contribution in [0.2, 0.25) is 0 Å². The molecular formula is C23H29NO2. The first-order chi connectivity index (χ1) is 12.6. The number of aryl methyl sites for hydroxylation is 3. The molecule has 3 heteroatoms. The second-order valence-corrected chi connectivity index (χ2v) is 7.24. The highest BCUT2D eigenvalue weighted by Crippen LogP contribution is 2.26. The summed E-state index contributed by atoms with van der Waals surface area (Å²) in [7, 11) is 1.67. The molecular weight excluding hydrogens is 322 g/mol. The highest BCUT2D eigenvalue weighted by atomic mass is 16.5. The van der Waals surface area contributed by atoms with Crippen molar-refractivity contribution in [2.45, 2.75) is 58.4 Å². The van der Waals surface area contributed by atoms with Crippen molar-refractivity contribution in [3.63, 3.8) is 0 Å². The molecule has 0 heterocycles. The number of nitrogens with one attached hydrogen (secondary N) is 1. The van der Waals surface area contributed by atoms with E-state index in [2.05, 4.69) is 30.4 Å². The number of benzene rings is 2. The topological polar surface area (TPSA) is 38.3 Å². The lowest BCUT2D eigenvalue weighted by molar-refractivity contribution is -0.121. The summed E-state index contributed by atoms with van der Waals surface area (Å²) in [5.74, 6) is 0.925. The van der Waals surface area contributed by atoms with E-state index in [1.54, 1.807) is 7.11 Å². The lowest BCUT2D eigenvalue weighted by Gasteiger charge is -2.22. The third-order valence-corrected chi connectivity index (χ3v) is 5.34. The van der Waals surface area contributed by atoms with Gasteiger partial charge in [-0.3, -0.25) is 4.79 Å². The van der Waals surface area contributed by atoms with Gasteiger partial charge in [-0.05, 0) is 72.9 Å². The fraction of sp³-hybridized carbons (Fsp3) is 0.435. The number of rotatable bonds is 6. The number of amides is 1. The van der Waals surface area contributed by atoms with Crippen molar-refractivity contribution in [3.8, 4) is 5.75 Å². The van der Waals surface area contributed by atoms with Crippen LogP contribution in [0.15, 0.2) is 36.4 Å². The normalized spacial score (nSPS) is 14.4. The van der Waals surface area contributed by atoms with Crippen molar-refractivity contribution in [2.24, 2.45) is 0 Å². The monoisotopic (exact) mass is 351 g/mol. The molecule has 138 valence electrons. The minimum absolute atomic E-state index is 0.0686.